The molecule has 0 atom stereocenters. The van der Waals surface area contributed by atoms with E-state index in [4.69, 9.17) is 10.5 Å². The second-order valence-corrected chi connectivity index (χ2v) is 7.31. The van der Waals surface area contributed by atoms with Crippen LogP contribution in [0.15, 0.2) is 39.9 Å². The van der Waals surface area contributed by atoms with Gasteiger partial charge in [-0.15, -0.1) is 0 Å². The number of rotatable bonds is 8. The number of nitrogens with zero attached hydrogens (tertiary/aromatic N) is 3. The van der Waals surface area contributed by atoms with Crippen LogP contribution in [0.25, 0.3) is 0 Å². The molecule has 0 radical (unpaired) electrons. The van der Waals surface area contributed by atoms with Gasteiger partial charge in [0, 0.05) is 32.7 Å². The zero-order chi connectivity index (χ0) is 21.5. The lowest BCUT2D eigenvalue weighted by atomic mass is 10.1. The number of aromatic nitrogens is 2. The van der Waals surface area contributed by atoms with E-state index < -0.39 is 11.2 Å². The summed E-state index contributed by atoms with van der Waals surface area (Å²) >= 11 is 0. The van der Waals surface area contributed by atoms with Gasteiger partial charge in [0.05, 0.1) is 19.6 Å². The number of amides is 1. The average Bonchev–Trinajstić information content (AvgIpc) is 2.74. The van der Waals surface area contributed by atoms with Crippen LogP contribution < -0.4 is 21.9 Å². The van der Waals surface area contributed by atoms with Crippen LogP contribution in [0.5, 0.6) is 0 Å². The van der Waals surface area contributed by atoms with Gasteiger partial charge in [-0.1, -0.05) is 37.3 Å². The highest BCUT2D eigenvalue weighted by Gasteiger charge is 2.25. The number of anilines is 2. The molecule has 0 unspecified atom stereocenters. The van der Waals surface area contributed by atoms with Crippen LogP contribution in [0.1, 0.15) is 18.9 Å². The minimum absolute atomic E-state index is 0.0222. The molecular weight excluding hydrogens is 386 g/mol. The number of nitrogens with two attached hydrogens (primary N) is 1. The number of nitrogens with one attached hydrogen (secondary N) is 1. The lowest BCUT2D eigenvalue weighted by Gasteiger charge is -2.30. The quantitative estimate of drug-likeness (QED) is 0.647. The molecule has 2 heterocycles. The molecule has 1 aromatic carbocycles. The van der Waals surface area contributed by atoms with E-state index >= 15 is 0 Å². The molecule has 1 fully saturated rings. The van der Waals surface area contributed by atoms with E-state index in [0.717, 1.165) is 18.7 Å². The fourth-order valence-corrected chi connectivity index (χ4v) is 3.58. The van der Waals surface area contributed by atoms with Gasteiger partial charge in [0.25, 0.3) is 5.56 Å². The van der Waals surface area contributed by atoms with Crippen LogP contribution in [0, 0.1) is 0 Å². The number of hydrogen-bond acceptors (Lipinski definition) is 6. The van der Waals surface area contributed by atoms with Crippen molar-refractivity contribution in [3.63, 3.8) is 0 Å². The van der Waals surface area contributed by atoms with Crippen molar-refractivity contribution >= 4 is 17.4 Å². The first-order valence-electron chi connectivity index (χ1n) is 10.3. The van der Waals surface area contributed by atoms with Crippen LogP contribution in [0.4, 0.5) is 11.5 Å². The molecule has 30 heavy (non-hydrogen) atoms. The number of carbonyl (C=O) groups is 1. The Bertz CT molecular complexity index is 964. The third kappa shape index (κ3) is 5.17. The van der Waals surface area contributed by atoms with Crippen molar-refractivity contribution in [2.24, 2.45) is 0 Å². The minimum Gasteiger partial charge on any atom is -0.383 e. The first kappa shape index (κ1) is 21.8. The molecule has 2 aromatic rings. The molecule has 0 bridgehead atoms. The molecule has 162 valence electrons. The van der Waals surface area contributed by atoms with Gasteiger partial charge in [-0.25, -0.2) is 4.79 Å². The molecule has 3 rings (SSSR count). The van der Waals surface area contributed by atoms with Gasteiger partial charge < -0.3 is 15.4 Å². The summed E-state index contributed by atoms with van der Waals surface area (Å²) in [5.41, 5.74) is 5.90. The Morgan fingerprint density at radius 2 is 1.87 bits per heavy atom. The van der Waals surface area contributed by atoms with Crippen LogP contribution in [0.2, 0.25) is 0 Å². The molecule has 3 N–H and O–H groups in total. The SMILES string of the molecule is CCCn1c(N)c(N(CCN2CCOCC2)C(=O)Cc2ccccc2)c(=O)[nH]c1=O. The third-order valence-electron chi connectivity index (χ3n) is 5.17. The summed E-state index contributed by atoms with van der Waals surface area (Å²) in [6.45, 7) is 5.96. The fourth-order valence-electron chi connectivity index (χ4n) is 3.58. The number of benzene rings is 1. The minimum atomic E-state index is -0.645. The summed E-state index contributed by atoms with van der Waals surface area (Å²) in [5, 5.41) is 0. The van der Waals surface area contributed by atoms with E-state index in [1.54, 1.807) is 0 Å². The molecule has 1 aromatic heterocycles. The zero-order valence-corrected chi connectivity index (χ0v) is 17.3. The van der Waals surface area contributed by atoms with Crippen molar-refractivity contribution in [2.75, 3.05) is 50.0 Å². The molecule has 0 aliphatic carbocycles. The van der Waals surface area contributed by atoms with E-state index in [-0.39, 0.29) is 23.8 Å². The topological polar surface area (TPSA) is 114 Å². The van der Waals surface area contributed by atoms with E-state index in [0.29, 0.717) is 39.3 Å². The Balaban J connectivity index is 1.93. The number of morpholine rings is 1. The maximum Gasteiger partial charge on any atom is 0.330 e. The van der Waals surface area contributed by atoms with Gasteiger partial charge in [-0.05, 0) is 12.0 Å². The van der Waals surface area contributed by atoms with Crippen LogP contribution in [0.3, 0.4) is 0 Å². The van der Waals surface area contributed by atoms with Gasteiger partial charge in [0.1, 0.15) is 5.82 Å². The van der Waals surface area contributed by atoms with Gasteiger partial charge in [-0.2, -0.15) is 0 Å². The highest BCUT2D eigenvalue weighted by atomic mass is 16.5. The largest absolute Gasteiger partial charge is 0.383 e. The van der Waals surface area contributed by atoms with Crippen molar-refractivity contribution in [3.8, 4) is 0 Å². The van der Waals surface area contributed by atoms with Crippen molar-refractivity contribution in [1.82, 2.24) is 14.5 Å². The summed E-state index contributed by atoms with van der Waals surface area (Å²) in [6.07, 6.45) is 0.803. The average molecular weight is 415 g/mol. The number of hydrogen-bond donors (Lipinski definition) is 2. The second-order valence-electron chi connectivity index (χ2n) is 7.31. The Kier molecular flexibility index (Phi) is 7.42. The molecule has 0 saturated carbocycles. The smallest absolute Gasteiger partial charge is 0.330 e. The van der Waals surface area contributed by atoms with E-state index in [1.807, 2.05) is 37.3 Å². The third-order valence-corrected chi connectivity index (χ3v) is 5.17. The summed E-state index contributed by atoms with van der Waals surface area (Å²) in [6, 6.07) is 9.34. The van der Waals surface area contributed by atoms with Crippen LogP contribution in [-0.4, -0.2) is 59.8 Å². The van der Waals surface area contributed by atoms with Crippen molar-refractivity contribution < 1.29 is 9.53 Å². The fraction of sp³-hybridized carbons (Fsp3) is 0.476. The van der Waals surface area contributed by atoms with Crippen LogP contribution in [-0.2, 0) is 22.5 Å². The molecule has 1 aliphatic rings. The predicted molar refractivity (Wildman–Crippen MR) is 116 cm³/mol. The lowest BCUT2D eigenvalue weighted by molar-refractivity contribution is -0.118. The van der Waals surface area contributed by atoms with Crippen molar-refractivity contribution in [2.45, 2.75) is 26.3 Å². The van der Waals surface area contributed by atoms with Crippen molar-refractivity contribution in [1.29, 1.82) is 0 Å². The number of nitrogen functional groups attached to an aromatic ring is 1. The van der Waals surface area contributed by atoms with Gasteiger partial charge in [0.2, 0.25) is 5.91 Å². The van der Waals surface area contributed by atoms with E-state index in [2.05, 4.69) is 9.88 Å². The Hall–Kier alpha value is -2.91. The standard InChI is InChI=1S/C21H29N5O4/c1-2-8-26-19(22)18(20(28)23-21(26)29)25(10-9-24-11-13-30-14-12-24)17(27)15-16-6-4-3-5-7-16/h3-7H,2,8-15,22H2,1H3,(H,23,28,29). The number of aromatic amines is 1. The molecule has 1 amide bonds. The first-order chi connectivity index (χ1) is 14.5. The number of carbonyl (C=O) groups excluding carboxylic acids is 1. The molecule has 1 aliphatic heterocycles. The van der Waals surface area contributed by atoms with Gasteiger partial charge >= 0.3 is 5.69 Å². The highest BCUT2D eigenvalue weighted by molar-refractivity contribution is 5.96. The predicted octanol–water partition coefficient (Wildman–Crippen LogP) is 0.437. The van der Waals surface area contributed by atoms with E-state index in [9.17, 15) is 14.4 Å². The maximum absolute atomic E-state index is 13.2. The molecule has 9 heteroatoms. The second kappa shape index (κ2) is 10.2. The highest BCUT2D eigenvalue weighted by Crippen LogP contribution is 2.18. The van der Waals surface area contributed by atoms with Crippen molar-refractivity contribution in [3.05, 3.63) is 56.7 Å². The maximum atomic E-state index is 13.2. The molecule has 9 nitrogen and oxygen atoms in total. The summed E-state index contributed by atoms with van der Waals surface area (Å²) in [7, 11) is 0. The lowest BCUT2D eigenvalue weighted by Crippen LogP contribution is -2.46. The van der Waals surface area contributed by atoms with E-state index in [1.165, 1.54) is 9.47 Å². The Morgan fingerprint density at radius 3 is 2.53 bits per heavy atom. The summed E-state index contributed by atoms with van der Waals surface area (Å²) in [4.78, 5) is 44.0. The number of H-pyrrole nitrogens is 1. The first-order valence-corrected chi connectivity index (χ1v) is 10.3. The molecule has 1 saturated heterocycles. The van der Waals surface area contributed by atoms with Gasteiger partial charge in [-0.3, -0.25) is 24.0 Å². The zero-order valence-electron chi connectivity index (χ0n) is 17.3. The Morgan fingerprint density at radius 1 is 1.17 bits per heavy atom. The van der Waals surface area contributed by atoms with Crippen LogP contribution >= 0.6 is 0 Å². The number of ether oxygens (including phenoxy) is 1. The summed E-state index contributed by atoms with van der Waals surface area (Å²) in [5.74, 6) is -0.220. The molecule has 0 spiro atoms. The van der Waals surface area contributed by atoms with Gasteiger partial charge in [0.15, 0.2) is 5.69 Å². The summed E-state index contributed by atoms with van der Waals surface area (Å²) < 4.78 is 6.69. The molecular formula is C21H29N5O4. The monoisotopic (exact) mass is 415 g/mol. The Labute approximate surface area is 175 Å². The normalized spacial score (nSPS) is 14.6.